The van der Waals surface area contributed by atoms with E-state index < -0.39 is 5.97 Å². The molecular weight excluding hydrogens is 522 g/mol. The molecule has 1 N–H and O–H groups in total. The van der Waals surface area contributed by atoms with Gasteiger partial charge in [0.2, 0.25) is 0 Å². The Balaban J connectivity index is 1.55. The molecule has 2 amide bonds. The summed E-state index contributed by atoms with van der Waals surface area (Å²) in [5, 5.41) is 8.66. The monoisotopic (exact) mass is 539 g/mol. The van der Waals surface area contributed by atoms with Gasteiger partial charge in [-0.15, -0.1) is 0 Å². The molecule has 1 heterocycles. The van der Waals surface area contributed by atoms with Crippen molar-refractivity contribution in [3.05, 3.63) is 92.8 Å². The average Bonchev–Trinajstić information content (AvgIpc) is 3.11. The number of rotatable bonds is 7. The third-order valence-electron chi connectivity index (χ3n) is 4.94. The van der Waals surface area contributed by atoms with Crippen LogP contribution >= 0.6 is 27.7 Å². The van der Waals surface area contributed by atoms with Crippen molar-refractivity contribution < 1.29 is 29.0 Å². The number of nitrogens with zero attached hydrogens (tertiary/aromatic N) is 1. The van der Waals surface area contributed by atoms with Gasteiger partial charge >= 0.3 is 5.97 Å². The second-order valence-corrected chi connectivity index (χ2v) is 9.03. The molecule has 0 aliphatic carbocycles. The predicted molar refractivity (Wildman–Crippen MR) is 133 cm³/mol. The van der Waals surface area contributed by atoms with E-state index in [0.717, 1.165) is 22.2 Å². The molecule has 3 aromatic rings. The van der Waals surface area contributed by atoms with Crippen LogP contribution in [0.3, 0.4) is 0 Å². The van der Waals surface area contributed by atoms with E-state index in [0.29, 0.717) is 32.1 Å². The van der Waals surface area contributed by atoms with Gasteiger partial charge < -0.3 is 14.6 Å². The highest BCUT2D eigenvalue weighted by atomic mass is 79.9. The molecule has 1 fully saturated rings. The standard InChI is InChI=1S/C25H18BrNO6S/c1-32-20-12-16(13-21-23(28)27(25(31)34-21)18-5-3-2-4-6-18)11-19(26)22(20)33-14-15-7-9-17(10-8-15)24(29)30/h2-13H,14H2,1H3,(H,29,30)/b21-13-. The van der Waals surface area contributed by atoms with Crippen LogP contribution in [0.5, 0.6) is 11.5 Å². The van der Waals surface area contributed by atoms with Crippen molar-refractivity contribution in [3.8, 4) is 11.5 Å². The Kier molecular flexibility index (Phi) is 7.04. The molecule has 0 radical (unpaired) electrons. The van der Waals surface area contributed by atoms with Gasteiger partial charge in [0.25, 0.3) is 11.1 Å². The number of halogens is 1. The third-order valence-corrected chi connectivity index (χ3v) is 6.40. The van der Waals surface area contributed by atoms with Gasteiger partial charge in [-0.25, -0.2) is 9.69 Å². The number of hydrogen-bond donors (Lipinski definition) is 1. The summed E-state index contributed by atoms with van der Waals surface area (Å²) in [4.78, 5) is 37.8. The van der Waals surface area contributed by atoms with E-state index >= 15 is 0 Å². The minimum Gasteiger partial charge on any atom is -0.493 e. The lowest BCUT2D eigenvalue weighted by Crippen LogP contribution is -2.27. The number of imide groups is 1. The molecule has 9 heteroatoms. The minimum atomic E-state index is -0.992. The van der Waals surface area contributed by atoms with Crippen LogP contribution in [0.25, 0.3) is 6.08 Å². The highest BCUT2D eigenvalue weighted by Crippen LogP contribution is 2.40. The SMILES string of the molecule is COc1cc(/C=C2\SC(=O)N(c3ccccc3)C2=O)cc(Br)c1OCc1ccc(C(=O)O)cc1. The molecule has 0 unspecified atom stereocenters. The van der Waals surface area contributed by atoms with E-state index in [1.54, 1.807) is 54.6 Å². The van der Waals surface area contributed by atoms with Crippen molar-refractivity contribution in [2.45, 2.75) is 6.61 Å². The fourth-order valence-electron chi connectivity index (χ4n) is 3.28. The number of aromatic carboxylic acids is 1. The Bertz CT molecular complexity index is 1290. The number of ether oxygens (including phenoxy) is 2. The summed E-state index contributed by atoms with van der Waals surface area (Å²) in [5.74, 6) is -0.486. The third kappa shape index (κ3) is 5.00. The fourth-order valence-corrected chi connectivity index (χ4v) is 4.70. The molecule has 3 aromatic carbocycles. The summed E-state index contributed by atoms with van der Waals surface area (Å²) in [7, 11) is 1.50. The number of methoxy groups -OCH3 is 1. The molecule has 0 aromatic heterocycles. The highest BCUT2D eigenvalue weighted by molar-refractivity contribution is 9.10. The topological polar surface area (TPSA) is 93.1 Å². The number of carboxylic acids is 1. The second kappa shape index (κ2) is 10.1. The van der Waals surface area contributed by atoms with Gasteiger partial charge in [0.05, 0.1) is 27.7 Å². The summed E-state index contributed by atoms with van der Waals surface area (Å²) >= 11 is 4.36. The molecule has 0 spiro atoms. The lowest BCUT2D eigenvalue weighted by atomic mass is 10.1. The number of anilines is 1. The van der Waals surface area contributed by atoms with E-state index in [4.69, 9.17) is 14.6 Å². The van der Waals surface area contributed by atoms with Crippen LogP contribution in [0, 0.1) is 0 Å². The summed E-state index contributed by atoms with van der Waals surface area (Å²) in [5.41, 5.74) is 2.16. The Labute approximate surface area is 208 Å². The summed E-state index contributed by atoms with van der Waals surface area (Å²) < 4.78 is 12.0. The Morgan fingerprint density at radius 1 is 1.09 bits per heavy atom. The second-order valence-electron chi connectivity index (χ2n) is 7.18. The van der Waals surface area contributed by atoms with Gasteiger partial charge in [-0.05, 0) is 81.3 Å². The zero-order valence-corrected chi connectivity index (χ0v) is 20.3. The number of carbonyl (C=O) groups is 3. The predicted octanol–water partition coefficient (Wildman–Crippen LogP) is 5.98. The fraction of sp³-hybridized carbons (Fsp3) is 0.0800. The van der Waals surface area contributed by atoms with E-state index in [1.165, 1.54) is 19.2 Å². The van der Waals surface area contributed by atoms with Crippen molar-refractivity contribution in [3.63, 3.8) is 0 Å². The Hall–Kier alpha value is -3.56. The normalized spacial score (nSPS) is 14.5. The first-order valence-electron chi connectivity index (χ1n) is 10.0. The van der Waals surface area contributed by atoms with E-state index in [1.807, 2.05) is 6.07 Å². The first kappa shape index (κ1) is 23.6. The number of hydrogen-bond acceptors (Lipinski definition) is 6. The van der Waals surface area contributed by atoms with E-state index in [9.17, 15) is 14.4 Å². The first-order valence-corrected chi connectivity index (χ1v) is 11.6. The Morgan fingerprint density at radius 2 is 1.79 bits per heavy atom. The summed E-state index contributed by atoms with van der Waals surface area (Å²) in [6.07, 6.45) is 1.63. The summed E-state index contributed by atoms with van der Waals surface area (Å²) in [6.45, 7) is 0.199. The van der Waals surface area contributed by atoms with Crippen LogP contribution < -0.4 is 14.4 Å². The van der Waals surface area contributed by atoms with Crippen LogP contribution in [0.4, 0.5) is 10.5 Å². The highest BCUT2D eigenvalue weighted by Gasteiger charge is 2.36. The quantitative estimate of drug-likeness (QED) is 0.369. The lowest BCUT2D eigenvalue weighted by molar-refractivity contribution is -0.113. The smallest absolute Gasteiger partial charge is 0.335 e. The van der Waals surface area contributed by atoms with Crippen molar-refractivity contribution in [1.29, 1.82) is 0 Å². The van der Waals surface area contributed by atoms with Gasteiger partial charge in [-0.2, -0.15) is 0 Å². The molecule has 4 rings (SSSR count). The maximum atomic E-state index is 12.9. The van der Waals surface area contributed by atoms with Crippen LogP contribution in [-0.4, -0.2) is 29.3 Å². The number of para-hydroxylation sites is 1. The molecule has 0 bridgehead atoms. The maximum Gasteiger partial charge on any atom is 0.335 e. The molecule has 0 saturated carbocycles. The van der Waals surface area contributed by atoms with Crippen molar-refractivity contribution in [2.75, 3.05) is 12.0 Å². The van der Waals surface area contributed by atoms with Gasteiger partial charge in [0, 0.05) is 0 Å². The zero-order valence-electron chi connectivity index (χ0n) is 17.9. The van der Waals surface area contributed by atoms with Crippen LogP contribution in [0.1, 0.15) is 21.5 Å². The van der Waals surface area contributed by atoms with Crippen molar-refractivity contribution in [2.24, 2.45) is 0 Å². The molecule has 1 saturated heterocycles. The number of benzene rings is 3. The molecule has 1 aliphatic heterocycles. The molecule has 172 valence electrons. The number of carboxylic acid groups (broad SMARTS) is 1. The molecular formula is C25H18BrNO6S. The van der Waals surface area contributed by atoms with Crippen LogP contribution in [0.2, 0.25) is 0 Å². The molecule has 7 nitrogen and oxygen atoms in total. The van der Waals surface area contributed by atoms with E-state index in [2.05, 4.69) is 15.9 Å². The summed E-state index contributed by atoms with van der Waals surface area (Å²) in [6, 6.07) is 18.6. The molecule has 1 aliphatic rings. The van der Waals surface area contributed by atoms with E-state index in [-0.39, 0.29) is 23.3 Å². The number of carbonyl (C=O) groups excluding carboxylic acids is 2. The molecule has 34 heavy (non-hydrogen) atoms. The lowest BCUT2D eigenvalue weighted by Gasteiger charge is -2.14. The maximum absolute atomic E-state index is 12.9. The van der Waals surface area contributed by atoms with Crippen molar-refractivity contribution >= 4 is 56.6 Å². The largest absolute Gasteiger partial charge is 0.493 e. The minimum absolute atomic E-state index is 0.198. The first-order chi connectivity index (χ1) is 16.4. The average molecular weight is 540 g/mol. The van der Waals surface area contributed by atoms with Crippen LogP contribution in [0.15, 0.2) is 76.1 Å². The van der Waals surface area contributed by atoms with Gasteiger partial charge in [-0.3, -0.25) is 9.59 Å². The molecule has 0 atom stereocenters. The Morgan fingerprint density at radius 3 is 2.44 bits per heavy atom. The van der Waals surface area contributed by atoms with Gasteiger partial charge in [-0.1, -0.05) is 30.3 Å². The van der Waals surface area contributed by atoms with Crippen LogP contribution in [-0.2, 0) is 11.4 Å². The number of amides is 2. The zero-order chi connectivity index (χ0) is 24.2. The number of thioether (sulfide) groups is 1. The van der Waals surface area contributed by atoms with Crippen molar-refractivity contribution in [1.82, 2.24) is 0 Å². The van der Waals surface area contributed by atoms with Gasteiger partial charge in [0.1, 0.15) is 6.61 Å². The van der Waals surface area contributed by atoms with Gasteiger partial charge in [0.15, 0.2) is 11.5 Å².